The van der Waals surface area contributed by atoms with Gasteiger partial charge in [0.05, 0.1) is 11.1 Å². The summed E-state index contributed by atoms with van der Waals surface area (Å²) >= 11 is 8.16. The van der Waals surface area contributed by atoms with E-state index in [2.05, 4.69) is 35.8 Å². The standard InChI is InChI=1S/C16H18ClNS/c1-10-9-19-16(14(10)17)15(18-2)13-7-6-11-4-3-5-12(11)8-13/h6-9,15,18H,3-5H2,1-2H3. The average molecular weight is 292 g/mol. The van der Waals surface area contributed by atoms with Gasteiger partial charge in [0, 0.05) is 4.88 Å². The molecule has 0 fully saturated rings. The molecule has 1 aliphatic carbocycles. The Kier molecular flexibility index (Phi) is 3.66. The fraction of sp³-hybridized carbons (Fsp3) is 0.375. The summed E-state index contributed by atoms with van der Waals surface area (Å²) < 4.78 is 0. The number of hydrogen-bond acceptors (Lipinski definition) is 2. The number of fused-ring (bicyclic) bond motifs is 1. The lowest BCUT2D eigenvalue weighted by Crippen LogP contribution is -2.17. The Balaban J connectivity index is 2.01. The molecule has 1 atom stereocenters. The molecule has 1 unspecified atom stereocenters. The van der Waals surface area contributed by atoms with E-state index in [1.165, 1.54) is 46.4 Å². The van der Waals surface area contributed by atoms with Crippen LogP contribution in [0.2, 0.25) is 5.02 Å². The highest BCUT2D eigenvalue weighted by Gasteiger charge is 2.20. The summed E-state index contributed by atoms with van der Waals surface area (Å²) in [6, 6.07) is 7.10. The first kappa shape index (κ1) is 13.2. The predicted octanol–water partition coefficient (Wildman–Crippen LogP) is 4.51. The summed E-state index contributed by atoms with van der Waals surface area (Å²) in [5.41, 5.74) is 5.53. The van der Waals surface area contributed by atoms with Crippen LogP contribution in [0.15, 0.2) is 23.6 Å². The van der Waals surface area contributed by atoms with E-state index in [0.29, 0.717) is 0 Å². The van der Waals surface area contributed by atoms with E-state index in [9.17, 15) is 0 Å². The topological polar surface area (TPSA) is 12.0 Å². The van der Waals surface area contributed by atoms with Gasteiger partial charge in [0.25, 0.3) is 0 Å². The number of thiophene rings is 1. The van der Waals surface area contributed by atoms with Crippen LogP contribution in [0.25, 0.3) is 0 Å². The number of aryl methyl sites for hydroxylation is 3. The Hall–Kier alpha value is -0.830. The highest BCUT2D eigenvalue weighted by atomic mass is 35.5. The van der Waals surface area contributed by atoms with E-state index in [4.69, 9.17) is 11.6 Å². The van der Waals surface area contributed by atoms with E-state index in [-0.39, 0.29) is 6.04 Å². The van der Waals surface area contributed by atoms with Crippen molar-refractivity contribution < 1.29 is 0 Å². The van der Waals surface area contributed by atoms with Gasteiger partial charge in [0.15, 0.2) is 0 Å². The first-order chi connectivity index (χ1) is 9.20. The van der Waals surface area contributed by atoms with Gasteiger partial charge in [-0.3, -0.25) is 0 Å². The van der Waals surface area contributed by atoms with E-state index in [1.54, 1.807) is 11.3 Å². The molecule has 0 amide bonds. The molecule has 1 aromatic carbocycles. The zero-order chi connectivity index (χ0) is 13.4. The van der Waals surface area contributed by atoms with Crippen molar-refractivity contribution in [3.05, 3.63) is 55.7 Å². The molecule has 1 aromatic heterocycles. The lowest BCUT2D eigenvalue weighted by molar-refractivity contribution is 0.702. The Morgan fingerprint density at radius 1 is 1.26 bits per heavy atom. The summed E-state index contributed by atoms with van der Waals surface area (Å²) in [7, 11) is 2.00. The van der Waals surface area contributed by atoms with Crippen molar-refractivity contribution in [2.75, 3.05) is 7.05 Å². The largest absolute Gasteiger partial charge is 0.309 e. The number of halogens is 1. The van der Waals surface area contributed by atoms with Gasteiger partial charge in [-0.05, 0) is 60.9 Å². The summed E-state index contributed by atoms with van der Waals surface area (Å²) in [6.07, 6.45) is 3.75. The summed E-state index contributed by atoms with van der Waals surface area (Å²) in [5, 5.41) is 6.45. The van der Waals surface area contributed by atoms with Crippen LogP contribution >= 0.6 is 22.9 Å². The van der Waals surface area contributed by atoms with E-state index in [1.807, 2.05) is 7.05 Å². The van der Waals surface area contributed by atoms with Crippen LogP contribution in [0.5, 0.6) is 0 Å². The van der Waals surface area contributed by atoms with Crippen LogP contribution < -0.4 is 5.32 Å². The molecule has 19 heavy (non-hydrogen) atoms. The fourth-order valence-electron chi connectivity index (χ4n) is 2.86. The fourth-order valence-corrected chi connectivity index (χ4v) is 4.30. The van der Waals surface area contributed by atoms with E-state index in [0.717, 1.165) is 5.02 Å². The van der Waals surface area contributed by atoms with Crippen molar-refractivity contribution in [1.82, 2.24) is 5.32 Å². The number of hydrogen-bond donors (Lipinski definition) is 1. The van der Waals surface area contributed by atoms with Crippen molar-refractivity contribution in [2.24, 2.45) is 0 Å². The van der Waals surface area contributed by atoms with Gasteiger partial charge in [-0.2, -0.15) is 0 Å². The van der Waals surface area contributed by atoms with Crippen LogP contribution in [0.1, 0.15) is 39.6 Å². The SMILES string of the molecule is CNC(c1ccc2c(c1)CCC2)c1scc(C)c1Cl. The van der Waals surface area contributed by atoms with Crippen LogP contribution in [-0.2, 0) is 12.8 Å². The second-order valence-electron chi connectivity index (χ2n) is 5.20. The van der Waals surface area contributed by atoms with Crippen LogP contribution in [-0.4, -0.2) is 7.05 Å². The highest BCUT2D eigenvalue weighted by Crippen LogP contribution is 2.36. The molecule has 1 aliphatic rings. The molecule has 0 saturated carbocycles. The van der Waals surface area contributed by atoms with Crippen LogP contribution in [0, 0.1) is 6.92 Å². The van der Waals surface area contributed by atoms with Crippen LogP contribution in [0.4, 0.5) is 0 Å². The molecular formula is C16H18ClNS. The number of benzene rings is 1. The molecular weight excluding hydrogens is 274 g/mol. The zero-order valence-corrected chi connectivity index (χ0v) is 12.9. The molecule has 0 saturated heterocycles. The van der Waals surface area contributed by atoms with Gasteiger partial charge in [0.1, 0.15) is 0 Å². The van der Waals surface area contributed by atoms with Gasteiger partial charge in [-0.25, -0.2) is 0 Å². The molecule has 100 valence electrons. The number of rotatable bonds is 3. The minimum absolute atomic E-state index is 0.206. The van der Waals surface area contributed by atoms with Gasteiger partial charge in [-0.1, -0.05) is 29.8 Å². The second kappa shape index (κ2) is 5.28. The average Bonchev–Trinajstić information content (AvgIpc) is 3.00. The summed E-state index contributed by atoms with van der Waals surface area (Å²) in [5.74, 6) is 0. The first-order valence-electron chi connectivity index (χ1n) is 6.73. The smallest absolute Gasteiger partial charge is 0.0683 e. The molecule has 1 nitrogen and oxygen atoms in total. The summed E-state index contributed by atoms with van der Waals surface area (Å²) in [4.78, 5) is 1.22. The molecule has 0 aliphatic heterocycles. The lowest BCUT2D eigenvalue weighted by Gasteiger charge is -2.17. The van der Waals surface area contributed by atoms with Crippen molar-refractivity contribution >= 4 is 22.9 Å². The molecule has 0 bridgehead atoms. The summed E-state index contributed by atoms with van der Waals surface area (Å²) in [6.45, 7) is 2.07. The Labute approximate surface area is 123 Å². The van der Waals surface area contributed by atoms with Crippen molar-refractivity contribution in [3.63, 3.8) is 0 Å². The van der Waals surface area contributed by atoms with Gasteiger partial charge in [0.2, 0.25) is 0 Å². The third kappa shape index (κ3) is 2.33. The Morgan fingerprint density at radius 2 is 2.05 bits per heavy atom. The van der Waals surface area contributed by atoms with Crippen molar-refractivity contribution in [1.29, 1.82) is 0 Å². The van der Waals surface area contributed by atoms with Gasteiger partial charge < -0.3 is 5.32 Å². The molecule has 0 spiro atoms. The van der Waals surface area contributed by atoms with Gasteiger partial charge >= 0.3 is 0 Å². The van der Waals surface area contributed by atoms with Crippen LogP contribution in [0.3, 0.4) is 0 Å². The minimum Gasteiger partial charge on any atom is -0.309 e. The number of nitrogens with one attached hydrogen (secondary N) is 1. The zero-order valence-electron chi connectivity index (χ0n) is 11.3. The Morgan fingerprint density at radius 3 is 2.74 bits per heavy atom. The van der Waals surface area contributed by atoms with E-state index >= 15 is 0 Å². The highest BCUT2D eigenvalue weighted by molar-refractivity contribution is 7.10. The van der Waals surface area contributed by atoms with Gasteiger partial charge in [-0.15, -0.1) is 11.3 Å². The first-order valence-corrected chi connectivity index (χ1v) is 7.99. The minimum atomic E-state index is 0.206. The third-order valence-electron chi connectivity index (χ3n) is 3.93. The molecule has 1 N–H and O–H groups in total. The molecule has 3 heteroatoms. The molecule has 1 heterocycles. The predicted molar refractivity (Wildman–Crippen MR) is 83.4 cm³/mol. The molecule has 3 rings (SSSR count). The maximum atomic E-state index is 6.42. The maximum Gasteiger partial charge on any atom is 0.0683 e. The molecule has 2 aromatic rings. The quantitative estimate of drug-likeness (QED) is 0.877. The van der Waals surface area contributed by atoms with Crippen molar-refractivity contribution in [3.8, 4) is 0 Å². The normalized spacial score (nSPS) is 15.5. The molecule has 0 radical (unpaired) electrons. The Bertz CT molecular complexity index is 603. The third-order valence-corrected chi connectivity index (χ3v) is 5.71. The van der Waals surface area contributed by atoms with E-state index < -0.39 is 0 Å². The van der Waals surface area contributed by atoms with Crippen molar-refractivity contribution in [2.45, 2.75) is 32.2 Å². The maximum absolute atomic E-state index is 6.42. The second-order valence-corrected chi connectivity index (χ2v) is 6.49. The lowest BCUT2D eigenvalue weighted by atomic mass is 10.00. The monoisotopic (exact) mass is 291 g/mol.